The van der Waals surface area contributed by atoms with Crippen molar-refractivity contribution >= 4 is 17.4 Å². The first-order valence-corrected chi connectivity index (χ1v) is 7.49. The Balaban J connectivity index is 1.81. The number of aliphatic hydroxyl groups excluding tert-OH is 2. The molecule has 0 spiro atoms. The molecule has 8 nitrogen and oxygen atoms in total. The van der Waals surface area contributed by atoms with Crippen molar-refractivity contribution in [1.82, 2.24) is 4.98 Å². The molecule has 2 saturated heterocycles. The van der Waals surface area contributed by atoms with Crippen LogP contribution in [-0.2, 0) is 14.2 Å². The number of anilines is 1. The van der Waals surface area contributed by atoms with E-state index in [0.717, 1.165) is 0 Å². The normalized spacial score (nSPS) is 36.0. The summed E-state index contributed by atoms with van der Waals surface area (Å²) < 4.78 is 21.5. The van der Waals surface area contributed by atoms with E-state index in [9.17, 15) is 10.2 Å². The first-order chi connectivity index (χ1) is 11.0. The maximum Gasteiger partial charge on any atom is 0.181 e. The van der Waals surface area contributed by atoms with E-state index < -0.39 is 30.1 Å². The quantitative estimate of drug-likeness (QED) is 0.641. The Bertz CT molecular complexity index is 576. The van der Waals surface area contributed by atoms with Gasteiger partial charge in [0.05, 0.1) is 20.3 Å². The third-order valence-electron chi connectivity index (χ3n) is 4.07. The molecular formula is C14H19ClN2O6. The lowest BCUT2D eigenvalue weighted by Gasteiger charge is -2.42. The van der Waals surface area contributed by atoms with Gasteiger partial charge >= 0.3 is 0 Å². The van der Waals surface area contributed by atoms with Gasteiger partial charge in [0.1, 0.15) is 40.6 Å². The Morgan fingerprint density at radius 3 is 2.91 bits per heavy atom. The van der Waals surface area contributed by atoms with Crippen LogP contribution >= 0.6 is 11.6 Å². The summed E-state index contributed by atoms with van der Waals surface area (Å²) in [7, 11) is 3.01. The van der Waals surface area contributed by atoms with Gasteiger partial charge in [-0.05, 0) is 0 Å². The van der Waals surface area contributed by atoms with Crippen LogP contribution < -0.4 is 10.1 Å². The Kier molecular flexibility index (Phi) is 4.63. The van der Waals surface area contributed by atoms with E-state index >= 15 is 0 Å². The van der Waals surface area contributed by atoms with Crippen LogP contribution in [0.5, 0.6) is 5.75 Å². The average molecular weight is 347 g/mol. The topological polar surface area (TPSA) is 102 Å². The molecule has 0 amide bonds. The van der Waals surface area contributed by atoms with Gasteiger partial charge in [0.25, 0.3) is 0 Å². The minimum Gasteiger partial charge on any atom is -0.497 e. The van der Waals surface area contributed by atoms with Crippen LogP contribution in [0.3, 0.4) is 0 Å². The second-order valence-electron chi connectivity index (χ2n) is 5.62. The molecule has 23 heavy (non-hydrogen) atoms. The number of ether oxygens (including phenoxy) is 4. The summed E-state index contributed by atoms with van der Waals surface area (Å²) in [5.41, 5.74) is -1.06. The number of rotatable bonds is 5. The van der Waals surface area contributed by atoms with E-state index in [1.807, 2.05) is 0 Å². The lowest BCUT2D eigenvalue weighted by molar-refractivity contribution is -0.227. The summed E-state index contributed by atoms with van der Waals surface area (Å²) in [5, 5.41) is 24.1. The fourth-order valence-electron chi connectivity index (χ4n) is 2.92. The van der Waals surface area contributed by atoms with Crippen LogP contribution in [0, 0.1) is 0 Å². The highest BCUT2D eigenvalue weighted by molar-refractivity contribution is 6.29. The molecule has 1 aromatic heterocycles. The highest BCUT2D eigenvalue weighted by Crippen LogP contribution is 2.38. The van der Waals surface area contributed by atoms with Gasteiger partial charge in [-0.1, -0.05) is 11.6 Å². The van der Waals surface area contributed by atoms with E-state index in [4.69, 9.17) is 30.5 Å². The summed E-state index contributed by atoms with van der Waals surface area (Å²) in [6, 6.07) is 2.47. The number of hydrogen-bond acceptors (Lipinski definition) is 8. The van der Waals surface area contributed by atoms with E-state index in [2.05, 4.69) is 10.3 Å². The predicted molar refractivity (Wildman–Crippen MR) is 80.7 cm³/mol. The van der Waals surface area contributed by atoms with E-state index in [0.29, 0.717) is 11.6 Å². The molecule has 0 aromatic carbocycles. The molecule has 2 aliphatic heterocycles. The van der Waals surface area contributed by atoms with Gasteiger partial charge in [-0.15, -0.1) is 0 Å². The zero-order chi connectivity index (χ0) is 16.6. The van der Waals surface area contributed by atoms with Gasteiger partial charge in [0, 0.05) is 19.2 Å². The molecule has 5 atom stereocenters. The second-order valence-corrected chi connectivity index (χ2v) is 6.00. The monoisotopic (exact) mass is 346 g/mol. The van der Waals surface area contributed by atoms with Gasteiger partial charge < -0.3 is 34.5 Å². The molecule has 9 heteroatoms. The summed E-state index contributed by atoms with van der Waals surface area (Å²) >= 11 is 5.93. The Hall–Kier alpha value is -1.16. The fourth-order valence-corrected chi connectivity index (χ4v) is 3.12. The van der Waals surface area contributed by atoms with Crippen LogP contribution in [0.15, 0.2) is 12.1 Å². The van der Waals surface area contributed by atoms with Gasteiger partial charge in [-0.25, -0.2) is 4.98 Å². The maximum absolute atomic E-state index is 10.4. The standard InChI is InChI=1S/C14H19ClN2O6/c1-20-5-14-6-22-13(23-14)10(11(18)12(14)19)17-9-4-7(21-2)3-8(15)16-9/h3-4,10-13,18-19H,5-6H2,1-2H3,(H,16,17)/t10-,11-,12-,13+,14+/m1/s1. The van der Waals surface area contributed by atoms with Crippen molar-refractivity contribution in [3.05, 3.63) is 17.3 Å². The summed E-state index contributed by atoms with van der Waals surface area (Å²) in [5.74, 6) is 0.893. The highest BCUT2D eigenvalue weighted by Gasteiger charge is 2.59. The molecule has 2 aliphatic rings. The number of fused-ring (bicyclic) bond motifs is 2. The second kappa shape index (κ2) is 6.39. The Labute approximate surface area is 138 Å². The van der Waals surface area contributed by atoms with Crippen LogP contribution in [0.2, 0.25) is 5.15 Å². The molecule has 3 N–H and O–H groups in total. The predicted octanol–water partition coefficient (Wildman–Crippen LogP) is 0.0176. The number of aliphatic hydroxyl groups is 2. The Morgan fingerprint density at radius 1 is 1.43 bits per heavy atom. The fraction of sp³-hybridized carbons (Fsp3) is 0.643. The van der Waals surface area contributed by atoms with Gasteiger partial charge in [-0.3, -0.25) is 0 Å². The number of nitrogens with zero attached hydrogens (tertiary/aromatic N) is 1. The van der Waals surface area contributed by atoms with Crippen molar-refractivity contribution in [1.29, 1.82) is 0 Å². The molecule has 2 fully saturated rings. The third-order valence-corrected chi connectivity index (χ3v) is 4.27. The van der Waals surface area contributed by atoms with Crippen LogP contribution in [0.25, 0.3) is 0 Å². The lowest BCUT2D eigenvalue weighted by atomic mass is 9.88. The lowest BCUT2D eigenvalue weighted by Crippen LogP contribution is -2.64. The third kappa shape index (κ3) is 2.98. The molecule has 128 valence electrons. The number of pyridine rings is 1. The number of nitrogens with one attached hydrogen (secondary N) is 1. The van der Waals surface area contributed by atoms with Crippen molar-refractivity contribution in [2.45, 2.75) is 30.1 Å². The number of hydrogen-bond donors (Lipinski definition) is 3. The SMILES string of the molecule is COC[C@@]12CO[C@@H](O1)[C@H](Nc1cc(OC)cc(Cl)n1)[C@@H](O)[C@H]2O. The number of halogens is 1. The molecule has 3 heterocycles. The molecule has 0 aliphatic carbocycles. The minimum absolute atomic E-state index is 0.123. The van der Waals surface area contributed by atoms with Crippen molar-refractivity contribution < 1.29 is 29.2 Å². The maximum atomic E-state index is 10.4. The van der Waals surface area contributed by atoms with Crippen molar-refractivity contribution in [2.75, 3.05) is 32.8 Å². The van der Waals surface area contributed by atoms with Gasteiger partial charge in [0.15, 0.2) is 6.29 Å². The summed E-state index contributed by atoms with van der Waals surface area (Å²) in [4.78, 5) is 4.12. The first kappa shape index (κ1) is 16.7. The first-order valence-electron chi connectivity index (χ1n) is 7.12. The molecule has 2 bridgehead atoms. The smallest absolute Gasteiger partial charge is 0.181 e. The molecule has 0 saturated carbocycles. The molecule has 0 unspecified atom stereocenters. The average Bonchev–Trinajstić information content (AvgIpc) is 2.92. The van der Waals surface area contributed by atoms with Gasteiger partial charge in [0.2, 0.25) is 0 Å². The van der Waals surface area contributed by atoms with Gasteiger partial charge in [-0.2, -0.15) is 0 Å². The number of methoxy groups -OCH3 is 2. The van der Waals surface area contributed by atoms with Crippen LogP contribution in [0.1, 0.15) is 0 Å². The number of aromatic nitrogens is 1. The summed E-state index contributed by atoms with van der Waals surface area (Å²) in [6.45, 7) is 0.256. The van der Waals surface area contributed by atoms with E-state index in [1.54, 1.807) is 12.1 Å². The Morgan fingerprint density at radius 2 is 2.22 bits per heavy atom. The molecule has 1 aromatic rings. The molecule has 3 rings (SSSR count). The van der Waals surface area contributed by atoms with Crippen LogP contribution in [0.4, 0.5) is 5.82 Å². The van der Waals surface area contributed by atoms with Crippen molar-refractivity contribution in [3.8, 4) is 5.75 Å². The van der Waals surface area contributed by atoms with Crippen LogP contribution in [-0.4, -0.2) is 72.8 Å². The molecule has 0 radical (unpaired) electrons. The van der Waals surface area contributed by atoms with E-state index in [-0.39, 0.29) is 18.4 Å². The molecular weight excluding hydrogens is 328 g/mol. The zero-order valence-corrected chi connectivity index (χ0v) is 13.5. The van der Waals surface area contributed by atoms with Crippen molar-refractivity contribution in [3.63, 3.8) is 0 Å². The highest BCUT2D eigenvalue weighted by atomic mass is 35.5. The largest absolute Gasteiger partial charge is 0.497 e. The van der Waals surface area contributed by atoms with E-state index in [1.165, 1.54) is 14.2 Å². The summed E-state index contributed by atoms with van der Waals surface area (Å²) in [6.07, 6.45) is -3.03. The minimum atomic E-state index is -1.17. The van der Waals surface area contributed by atoms with Crippen molar-refractivity contribution in [2.24, 2.45) is 0 Å². The zero-order valence-electron chi connectivity index (χ0n) is 12.7.